The molecule has 0 unspecified atom stereocenters. The maximum atomic E-state index is 12.3. The molecule has 0 aliphatic rings. The lowest BCUT2D eigenvalue weighted by molar-refractivity contribution is -0.149. The van der Waals surface area contributed by atoms with Gasteiger partial charge < -0.3 is 4.74 Å². The highest BCUT2D eigenvalue weighted by molar-refractivity contribution is 8.13. The predicted molar refractivity (Wildman–Crippen MR) is 89.5 cm³/mol. The average molecular weight is 353 g/mol. The van der Waals surface area contributed by atoms with Crippen LogP contribution in [0.5, 0.6) is 0 Å². The van der Waals surface area contributed by atoms with Gasteiger partial charge in [0.25, 0.3) is 0 Å². The first kappa shape index (κ1) is 17.5. The second-order valence-electron chi connectivity index (χ2n) is 5.19. The van der Waals surface area contributed by atoms with E-state index < -0.39 is 26.7 Å². The average Bonchev–Trinajstić information content (AvgIpc) is 2.53. The van der Waals surface area contributed by atoms with Gasteiger partial charge in [-0.1, -0.05) is 60.7 Å². The summed E-state index contributed by atoms with van der Waals surface area (Å²) >= 11 is 0. The van der Waals surface area contributed by atoms with Crippen LogP contribution in [0, 0.1) is 5.92 Å². The van der Waals surface area contributed by atoms with Crippen LogP contribution in [0.1, 0.15) is 11.1 Å². The summed E-state index contributed by atoms with van der Waals surface area (Å²) in [7, 11) is 1.52. The first-order valence-corrected chi connectivity index (χ1v) is 9.59. The zero-order chi connectivity index (χ0) is 16.7. The molecule has 0 aromatic heterocycles. The van der Waals surface area contributed by atoms with Crippen molar-refractivity contribution in [1.29, 1.82) is 0 Å². The number of carbonyl (C=O) groups is 1. The maximum absolute atomic E-state index is 12.3. The van der Waals surface area contributed by atoms with Crippen LogP contribution >= 0.6 is 10.7 Å². The van der Waals surface area contributed by atoms with Gasteiger partial charge in [0, 0.05) is 10.7 Å². The summed E-state index contributed by atoms with van der Waals surface area (Å²) < 4.78 is 28.0. The Kier molecular flexibility index (Phi) is 6.19. The Balaban J connectivity index is 2.04. The number of benzene rings is 2. The van der Waals surface area contributed by atoms with Gasteiger partial charge in [0.2, 0.25) is 9.05 Å². The van der Waals surface area contributed by atoms with Crippen molar-refractivity contribution >= 4 is 25.7 Å². The zero-order valence-electron chi connectivity index (χ0n) is 12.4. The molecule has 0 bridgehead atoms. The summed E-state index contributed by atoms with van der Waals surface area (Å²) in [6, 6.07) is 18.4. The highest BCUT2D eigenvalue weighted by Gasteiger charge is 2.26. The number of ether oxygens (including phenoxy) is 1. The molecule has 1 atom stereocenters. The van der Waals surface area contributed by atoms with Crippen molar-refractivity contribution in [3.63, 3.8) is 0 Å². The molecular weight excluding hydrogens is 336 g/mol. The van der Waals surface area contributed by atoms with Crippen LogP contribution in [0.2, 0.25) is 0 Å². The van der Waals surface area contributed by atoms with Crippen molar-refractivity contribution in [2.75, 3.05) is 5.75 Å². The molecule has 23 heavy (non-hydrogen) atoms. The van der Waals surface area contributed by atoms with Gasteiger partial charge in [-0.2, -0.15) is 0 Å². The molecule has 122 valence electrons. The molecule has 0 heterocycles. The molecule has 0 N–H and O–H groups in total. The molecule has 0 radical (unpaired) electrons. The molecule has 0 aliphatic carbocycles. The predicted octanol–water partition coefficient (Wildman–Crippen LogP) is 3.16. The van der Waals surface area contributed by atoms with Crippen LogP contribution in [0.3, 0.4) is 0 Å². The molecule has 4 nitrogen and oxygen atoms in total. The van der Waals surface area contributed by atoms with E-state index in [4.69, 9.17) is 15.4 Å². The van der Waals surface area contributed by atoms with E-state index in [1.807, 2.05) is 60.7 Å². The number of halogens is 1. The van der Waals surface area contributed by atoms with E-state index in [1.54, 1.807) is 0 Å². The summed E-state index contributed by atoms with van der Waals surface area (Å²) in [6.07, 6.45) is 0.264. The molecule has 6 heteroatoms. The van der Waals surface area contributed by atoms with Gasteiger partial charge in [-0.3, -0.25) is 4.79 Å². The fourth-order valence-electron chi connectivity index (χ4n) is 2.20. The highest BCUT2D eigenvalue weighted by Crippen LogP contribution is 2.16. The van der Waals surface area contributed by atoms with Gasteiger partial charge >= 0.3 is 5.97 Å². The Morgan fingerprint density at radius 1 is 0.957 bits per heavy atom. The van der Waals surface area contributed by atoms with Crippen molar-refractivity contribution in [1.82, 2.24) is 0 Å². The van der Waals surface area contributed by atoms with Gasteiger partial charge in [-0.25, -0.2) is 8.42 Å². The van der Waals surface area contributed by atoms with E-state index in [9.17, 15) is 13.2 Å². The topological polar surface area (TPSA) is 60.4 Å². The molecule has 2 rings (SSSR count). The zero-order valence-corrected chi connectivity index (χ0v) is 14.0. The van der Waals surface area contributed by atoms with Gasteiger partial charge in [0.15, 0.2) is 0 Å². The van der Waals surface area contributed by atoms with E-state index in [1.165, 1.54) is 0 Å². The van der Waals surface area contributed by atoms with Gasteiger partial charge in [0.05, 0.1) is 11.7 Å². The van der Waals surface area contributed by atoms with Crippen LogP contribution in [0.4, 0.5) is 0 Å². The van der Waals surface area contributed by atoms with Crippen molar-refractivity contribution in [3.05, 3.63) is 71.8 Å². The number of carbonyl (C=O) groups excluding carboxylic acids is 1. The molecule has 0 aliphatic heterocycles. The van der Waals surface area contributed by atoms with Crippen molar-refractivity contribution < 1.29 is 17.9 Å². The first-order valence-electron chi connectivity index (χ1n) is 7.11. The molecule has 0 spiro atoms. The molecule has 0 fully saturated rings. The lowest BCUT2D eigenvalue weighted by atomic mass is 10.0. The van der Waals surface area contributed by atoms with E-state index in [0.717, 1.165) is 11.1 Å². The molecule has 0 saturated carbocycles. The SMILES string of the molecule is O=C(OCc1ccccc1)[C@@H](Cc1ccccc1)CS(=O)(=O)Cl. The maximum Gasteiger partial charge on any atom is 0.310 e. The lowest BCUT2D eigenvalue weighted by Gasteiger charge is -2.15. The molecule has 0 amide bonds. The number of esters is 1. The first-order chi connectivity index (χ1) is 10.9. The van der Waals surface area contributed by atoms with Crippen molar-refractivity contribution in [2.45, 2.75) is 13.0 Å². The lowest BCUT2D eigenvalue weighted by Crippen LogP contribution is -2.26. The standard InChI is InChI=1S/C17H17ClO4S/c18-23(20,21)13-16(11-14-7-3-1-4-8-14)17(19)22-12-15-9-5-2-6-10-15/h1-10,16H,11-13H2/t16-/m0/s1. The van der Waals surface area contributed by atoms with Crippen molar-refractivity contribution in [3.8, 4) is 0 Å². The van der Waals surface area contributed by atoms with Gasteiger partial charge in [-0.15, -0.1) is 0 Å². The Morgan fingerprint density at radius 3 is 2.00 bits per heavy atom. The second kappa shape index (κ2) is 8.13. The minimum Gasteiger partial charge on any atom is -0.461 e. The quantitative estimate of drug-likeness (QED) is 0.567. The minimum atomic E-state index is -3.80. The summed E-state index contributed by atoms with van der Waals surface area (Å²) in [4.78, 5) is 12.3. The van der Waals surface area contributed by atoms with E-state index in [0.29, 0.717) is 0 Å². The smallest absolute Gasteiger partial charge is 0.310 e. The van der Waals surface area contributed by atoms with Crippen LogP contribution in [0.15, 0.2) is 60.7 Å². The van der Waals surface area contributed by atoms with Crippen LogP contribution in [0.25, 0.3) is 0 Å². The molecular formula is C17H17ClO4S. The third-order valence-corrected chi connectivity index (χ3v) is 4.46. The second-order valence-corrected chi connectivity index (χ2v) is 8.01. The summed E-state index contributed by atoms with van der Waals surface area (Å²) in [5.74, 6) is -1.84. The largest absolute Gasteiger partial charge is 0.461 e. The minimum absolute atomic E-state index is 0.104. The summed E-state index contributed by atoms with van der Waals surface area (Å²) in [5, 5.41) is 0. The van der Waals surface area contributed by atoms with E-state index in [2.05, 4.69) is 0 Å². The van der Waals surface area contributed by atoms with Crippen molar-refractivity contribution in [2.24, 2.45) is 5.92 Å². The third kappa shape index (κ3) is 6.42. The number of hydrogen-bond acceptors (Lipinski definition) is 4. The normalized spacial score (nSPS) is 12.6. The highest BCUT2D eigenvalue weighted by atomic mass is 35.7. The Morgan fingerprint density at radius 2 is 1.48 bits per heavy atom. The fourth-order valence-corrected chi connectivity index (χ4v) is 3.39. The summed E-state index contributed by atoms with van der Waals surface area (Å²) in [6.45, 7) is 0.104. The van der Waals surface area contributed by atoms with Crippen LogP contribution in [-0.4, -0.2) is 20.1 Å². The van der Waals surface area contributed by atoms with E-state index >= 15 is 0 Å². The van der Waals surface area contributed by atoms with Gasteiger partial charge in [0.1, 0.15) is 6.61 Å². The molecule has 2 aromatic carbocycles. The monoisotopic (exact) mass is 352 g/mol. The number of rotatable bonds is 7. The Labute approximate surface area is 140 Å². The molecule has 2 aromatic rings. The summed E-state index contributed by atoms with van der Waals surface area (Å²) in [5.41, 5.74) is 1.70. The molecule has 0 saturated heterocycles. The van der Waals surface area contributed by atoms with Crippen LogP contribution < -0.4 is 0 Å². The van der Waals surface area contributed by atoms with Crippen LogP contribution in [-0.2, 0) is 31.6 Å². The van der Waals surface area contributed by atoms with E-state index in [-0.39, 0.29) is 13.0 Å². The fraction of sp³-hybridized carbons (Fsp3) is 0.235. The Bertz CT molecular complexity index is 730. The number of hydrogen-bond donors (Lipinski definition) is 0. The van der Waals surface area contributed by atoms with Gasteiger partial charge in [-0.05, 0) is 17.5 Å². The third-order valence-electron chi connectivity index (χ3n) is 3.28. The Hall–Kier alpha value is -1.85.